The summed E-state index contributed by atoms with van der Waals surface area (Å²) >= 11 is 0. The first-order valence-corrected chi connectivity index (χ1v) is 18.0. The third-order valence-electron chi connectivity index (χ3n) is 6.89. The number of hydrogen-bond acceptors (Lipinski definition) is 11. The molecule has 1 amide bonds. The Morgan fingerprint density at radius 2 is 1.68 bits per heavy atom. The molecule has 272 valence electrons. The number of halogens is 1. The van der Waals surface area contributed by atoms with E-state index in [1.54, 1.807) is 12.1 Å². The third kappa shape index (κ3) is 13.1. The van der Waals surface area contributed by atoms with Gasteiger partial charge in [-0.25, -0.2) is 18.9 Å². The van der Waals surface area contributed by atoms with Crippen molar-refractivity contribution in [1.29, 1.82) is 0 Å². The van der Waals surface area contributed by atoms with Gasteiger partial charge in [-0.05, 0) is 105 Å². The van der Waals surface area contributed by atoms with Gasteiger partial charge in [0.1, 0.15) is 23.7 Å². The molecule has 0 aliphatic heterocycles. The van der Waals surface area contributed by atoms with Crippen molar-refractivity contribution in [1.82, 2.24) is 25.5 Å². The van der Waals surface area contributed by atoms with E-state index in [1.165, 1.54) is 24.5 Å². The number of anilines is 3. The van der Waals surface area contributed by atoms with Crippen molar-refractivity contribution in [2.75, 3.05) is 30.4 Å². The number of amides is 1. The number of H-pyrrole nitrogens is 1. The van der Waals surface area contributed by atoms with Gasteiger partial charge in [-0.3, -0.25) is 23.5 Å². The van der Waals surface area contributed by atoms with Gasteiger partial charge in [-0.15, -0.1) is 0 Å². The van der Waals surface area contributed by atoms with Crippen LogP contribution in [0.3, 0.4) is 0 Å². The highest BCUT2D eigenvalue weighted by molar-refractivity contribution is 7.48. The van der Waals surface area contributed by atoms with Gasteiger partial charge in [0, 0.05) is 34.4 Å². The van der Waals surface area contributed by atoms with Crippen LogP contribution in [0, 0.1) is 5.82 Å². The summed E-state index contributed by atoms with van der Waals surface area (Å²) in [6.07, 6.45) is 2.82. The number of fused-ring (bicyclic) bond motifs is 1. The van der Waals surface area contributed by atoms with Gasteiger partial charge in [-0.2, -0.15) is 5.10 Å². The zero-order chi connectivity index (χ0) is 36.6. The van der Waals surface area contributed by atoms with Crippen LogP contribution in [0.5, 0.6) is 5.75 Å². The number of carbonyl (C=O) groups excluding carboxylic acids is 1. The molecule has 4 N–H and O–H groups in total. The lowest BCUT2D eigenvalue weighted by Crippen LogP contribution is -2.41. The maximum Gasteiger partial charge on any atom is 0.475 e. The van der Waals surface area contributed by atoms with E-state index in [1.807, 2.05) is 59.7 Å². The highest BCUT2D eigenvalue weighted by atomic mass is 31.2. The molecule has 0 saturated heterocycles. The van der Waals surface area contributed by atoms with Crippen LogP contribution < -0.4 is 20.7 Å². The van der Waals surface area contributed by atoms with Gasteiger partial charge in [0.15, 0.2) is 5.82 Å². The Bertz CT molecular complexity index is 1770. The molecule has 13 nitrogen and oxygen atoms in total. The largest absolute Gasteiger partial charge is 0.493 e. The van der Waals surface area contributed by atoms with Crippen molar-refractivity contribution in [2.24, 2.45) is 0 Å². The fourth-order valence-electron chi connectivity index (χ4n) is 4.74. The van der Waals surface area contributed by atoms with Gasteiger partial charge in [0.2, 0.25) is 5.91 Å². The standard InChI is InChI=1S/C35H49FN7O6P/c1-33(2,3)48-50(45,49-34(4,5)6)47-18-15-35(7,8)39-16-10-17-46-27-13-14-28-29(22-27)37-23-38-32(28)41-30-20-26(42-43-30)21-31(44)40-25-12-9-11-24(36)19-25/h9,11-14,19-20,22-23,39H,10,15-18,21H2,1-8H3,(H,40,44)(H2,37,38,41,42,43). The molecule has 2 heterocycles. The van der Waals surface area contributed by atoms with Crippen molar-refractivity contribution >= 4 is 42.0 Å². The highest BCUT2D eigenvalue weighted by Gasteiger charge is 2.37. The van der Waals surface area contributed by atoms with Gasteiger partial charge >= 0.3 is 7.82 Å². The Morgan fingerprint density at radius 3 is 2.38 bits per heavy atom. The van der Waals surface area contributed by atoms with Crippen molar-refractivity contribution in [3.05, 3.63) is 66.4 Å². The summed E-state index contributed by atoms with van der Waals surface area (Å²) in [6.45, 7) is 16.4. The number of nitrogens with one attached hydrogen (secondary N) is 4. The second-order valence-corrected chi connectivity index (χ2v) is 16.0. The monoisotopic (exact) mass is 713 g/mol. The minimum atomic E-state index is -3.76. The summed E-state index contributed by atoms with van der Waals surface area (Å²) in [5, 5.41) is 17.2. The third-order valence-corrected chi connectivity index (χ3v) is 8.93. The number of phosphoric acid groups is 1. The molecule has 0 radical (unpaired) electrons. The molecular weight excluding hydrogens is 664 g/mol. The predicted octanol–water partition coefficient (Wildman–Crippen LogP) is 7.70. The van der Waals surface area contributed by atoms with Gasteiger partial charge in [-0.1, -0.05) is 6.07 Å². The van der Waals surface area contributed by atoms with Crippen LogP contribution in [0.25, 0.3) is 10.9 Å². The average Bonchev–Trinajstić information content (AvgIpc) is 3.41. The molecular formula is C35H49FN7O6P. The summed E-state index contributed by atoms with van der Waals surface area (Å²) in [5.74, 6) is 0.965. The topological polar surface area (TPSA) is 162 Å². The Morgan fingerprint density at radius 1 is 0.940 bits per heavy atom. The molecule has 2 aromatic carbocycles. The first-order chi connectivity index (χ1) is 23.4. The number of rotatable bonds is 17. The van der Waals surface area contributed by atoms with Gasteiger partial charge < -0.3 is 20.7 Å². The lowest BCUT2D eigenvalue weighted by atomic mass is 10.0. The van der Waals surface area contributed by atoms with E-state index < -0.39 is 24.8 Å². The Balaban J connectivity index is 1.22. The number of benzene rings is 2. The van der Waals surface area contributed by atoms with E-state index in [-0.39, 0.29) is 24.5 Å². The van der Waals surface area contributed by atoms with Crippen LogP contribution in [0.15, 0.2) is 54.9 Å². The molecule has 0 fully saturated rings. The molecule has 0 unspecified atom stereocenters. The summed E-state index contributed by atoms with van der Waals surface area (Å²) in [5.41, 5.74) is -0.0239. The second kappa shape index (κ2) is 16.4. The van der Waals surface area contributed by atoms with E-state index in [9.17, 15) is 13.8 Å². The molecule has 0 atom stereocenters. The predicted molar refractivity (Wildman–Crippen MR) is 192 cm³/mol. The number of carbonyl (C=O) groups is 1. The van der Waals surface area contributed by atoms with Gasteiger partial charge in [0.25, 0.3) is 0 Å². The van der Waals surface area contributed by atoms with E-state index in [0.717, 1.165) is 11.8 Å². The lowest BCUT2D eigenvalue weighted by molar-refractivity contribution is -0.115. The molecule has 0 aliphatic carbocycles. The van der Waals surface area contributed by atoms with E-state index >= 15 is 0 Å². The van der Waals surface area contributed by atoms with Crippen molar-refractivity contribution in [2.45, 2.75) is 91.4 Å². The molecule has 4 aromatic rings. The van der Waals surface area contributed by atoms with Crippen LogP contribution in [0.1, 0.15) is 73.9 Å². The minimum absolute atomic E-state index is 0.0290. The van der Waals surface area contributed by atoms with Gasteiger partial charge in [0.05, 0.1) is 36.4 Å². The summed E-state index contributed by atoms with van der Waals surface area (Å²) in [6, 6.07) is 13.0. The van der Waals surface area contributed by atoms with E-state index in [4.69, 9.17) is 18.3 Å². The summed E-state index contributed by atoms with van der Waals surface area (Å²) < 4.78 is 49.8. The van der Waals surface area contributed by atoms with Crippen LogP contribution in [0.4, 0.5) is 21.7 Å². The molecule has 0 aliphatic rings. The smallest absolute Gasteiger partial charge is 0.475 e. The molecule has 0 saturated carbocycles. The molecule has 0 spiro atoms. The number of ether oxygens (including phenoxy) is 1. The molecule has 0 bridgehead atoms. The summed E-state index contributed by atoms with van der Waals surface area (Å²) in [4.78, 5) is 21.2. The first-order valence-electron chi connectivity index (χ1n) is 16.5. The van der Waals surface area contributed by atoms with Crippen molar-refractivity contribution < 1.29 is 32.1 Å². The maximum atomic E-state index is 13.4. The first kappa shape index (κ1) is 38.9. The zero-order valence-electron chi connectivity index (χ0n) is 30.1. The number of hydrogen-bond donors (Lipinski definition) is 4. The Hall–Kier alpha value is -3.94. The number of nitrogens with zero attached hydrogens (tertiary/aromatic N) is 3. The molecule has 15 heteroatoms. The van der Waals surface area contributed by atoms with Crippen LogP contribution in [-0.2, 0) is 29.4 Å². The van der Waals surface area contributed by atoms with E-state index in [2.05, 4.69) is 50.0 Å². The molecule has 50 heavy (non-hydrogen) atoms. The SMILES string of the molecule is CC(C)(CCOP(=O)(OC(C)(C)C)OC(C)(C)C)NCCCOc1ccc2c(Nc3cc(CC(=O)Nc4cccc(F)c4)[nH]n3)ncnc2c1. The highest BCUT2D eigenvalue weighted by Crippen LogP contribution is 2.55. The number of phosphoric ester groups is 1. The minimum Gasteiger partial charge on any atom is -0.493 e. The zero-order valence-corrected chi connectivity index (χ0v) is 30.9. The Labute approximate surface area is 293 Å². The van der Waals surface area contributed by atoms with Crippen molar-refractivity contribution in [3.63, 3.8) is 0 Å². The maximum absolute atomic E-state index is 13.4. The Kier molecular flexibility index (Phi) is 12.7. The van der Waals surface area contributed by atoms with Crippen LogP contribution in [0.2, 0.25) is 0 Å². The van der Waals surface area contributed by atoms with Crippen molar-refractivity contribution in [3.8, 4) is 5.75 Å². The van der Waals surface area contributed by atoms with E-state index in [0.29, 0.717) is 53.9 Å². The van der Waals surface area contributed by atoms with Crippen LogP contribution >= 0.6 is 7.82 Å². The second-order valence-electron chi connectivity index (χ2n) is 14.5. The summed E-state index contributed by atoms with van der Waals surface area (Å²) in [7, 11) is -3.76. The average molecular weight is 714 g/mol. The number of aromatic amines is 1. The fourth-order valence-corrected chi connectivity index (χ4v) is 6.54. The molecule has 4 rings (SSSR count). The van der Waals surface area contributed by atoms with Crippen LogP contribution in [-0.4, -0.2) is 62.6 Å². The fraction of sp³-hybridized carbons (Fsp3) is 0.486. The normalized spacial score (nSPS) is 12.7. The molecule has 2 aromatic heterocycles. The lowest BCUT2D eigenvalue weighted by Gasteiger charge is -2.32. The quantitative estimate of drug-likeness (QED) is 0.0627. The number of aromatic nitrogens is 4.